The number of aromatic nitrogens is 2. The first kappa shape index (κ1) is 13.1. The van der Waals surface area contributed by atoms with Crippen LogP contribution >= 0.6 is 0 Å². The van der Waals surface area contributed by atoms with Crippen molar-refractivity contribution in [3.05, 3.63) is 30.1 Å². The van der Waals surface area contributed by atoms with Gasteiger partial charge in [0.15, 0.2) is 0 Å². The van der Waals surface area contributed by atoms with Crippen molar-refractivity contribution in [2.75, 3.05) is 19.8 Å². The molecule has 0 saturated carbocycles. The van der Waals surface area contributed by atoms with Gasteiger partial charge in [0, 0.05) is 13.0 Å². The van der Waals surface area contributed by atoms with E-state index < -0.39 is 0 Å². The number of rotatable bonds is 7. The molecular weight excluding hydrogens is 228 g/mol. The highest BCUT2D eigenvalue weighted by molar-refractivity contribution is 5.75. The number of hydrogen-bond acceptors (Lipinski definition) is 3. The topological polar surface area (TPSA) is 47.3 Å². The molecule has 0 saturated heterocycles. The van der Waals surface area contributed by atoms with Crippen molar-refractivity contribution in [3.63, 3.8) is 0 Å². The summed E-state index contributed by atoms with van der Waals surface area (Å²) in [5.74, 6) is 1.12. The summed E-state index contributed by atoms with van der Waals surface area (Å²) in [7, 11) is 0. The lowest BCUT2D eigenvalue weighted by Gasteiger charge is -2.08. The first-order valence-corrected chi connectivity index (χ1v) is 6.49. The van der Waals surface area contributed by atoms with Crippen LogP contribution in [0.1, 0.15) is 19.2 Å². The number of hydrogen-bond donors (Lipinski definition) is 1. The van der Waals surface area contributed by atoms with Crippen molar-refractivity contribution in [1.29, 1.82) is 0 Å². The second kappa shape index (κ2) is 6.52. The standard InChI is InChI=1S/C14H20N2O2/c1-2-5-14-15-12-6-3-4-7-13(12)16(14)8-10-18-11-9-17/h3-4,6-7,17H,2,5,8-11H2,1H3. The van der Waals surface area contributed by atoms with Crippen LogP contribution in [0.5, 0.6) is 0 Å². The second-order valence-corrected chi connectivity index (χ2v) is 4.25. The van der Waals surface area contributed by atoms with Crippen LogP contribution in [0.3, 0.4) is 0 Å². The SMILES string of the molecule is CCCc1nc2ccccc2n1CCOCCO. The van der Waals surface area contributed by atoms with Gasteiger partial charge in [-0.15, -0.1) is 0 Å². The van der Waals surface area contributed by atoms with E-state index in [1.165, 1.54) is 0 Å². The molecule has 18 heavy (non-hydrogen) atoms. The Morgan fingerprint density at radius 2 is 2.11 bits per heavy atom. The Balaban J connectivity index is 2.19. The summed E-state index contributed by atoms with van der Waals surface area (Å²) in [6.07, 6.45) is 2.06. The first-order valence-electron chi connectivity index (χ1n) is 6.49. The third kappa shape index (κ3) is 2.89. The zero-order valence-electron chi connectivity index (χ0n) is 10.8. The number of imidazole rings is 1. The maximum Gasteiger partial charge on any atom is 0.109 e. The van der Waals surface area contributed by atoms with E-state index in [-0.39, 0.29) is 6.61 Å². The molecule has 4 heteroatoms. The summed E-state index contributed by atoms with van der Waals surface area (Å²) in [4.78, 5) is 4.66. The van der Waals surface area contributed by atoms with Gasteiger partial charge in [-0.05, 0) is 18.6 Å². The Labute approximate surface area is 107 Å². The quantitative estimate of drug-likeness (QED) is 0.762. The Kier molecular flexibility index (Phi) is 4.73. The third-order valence-corrected chi connectivity index (χ3v) is 2.90. The Morgan fingerprint density at radius 1 is 1.28 bits per heavy atom. The number of aliphatic hydroxyl groups excluding tert-OH is 1. The van der Waals surface area contributed by atoms with E-state index in [9.17, 15) is 0 Å². The molecular formula is C14H20N2O2. The molecule has 2 rings (SSSR count). The van der Waals surface area contributed by atoms with Crippen LogP contribution in [0.15, 0.2) is 24.3 Å². The number of aryl methyl sites for hydroxylation is 1. The van der Waals surface area contributed by atoms with E-state index in [1.807, 2.05) is 18.2 Å². The van der Waals surface area contributed by atoms with Gasteiger partial charge < -0.3 is 14.4 Å². The molecule has 0 fully saturated rings. The minimum atomic E-state index is 0.0759. The lowest BCUT2D eigenvalue weighted by molar-refractivity contribution is 0.0871. The highest BCUT2D eigenvalue weighted by Gasteiger charge is 2.08. The molecule has 0 aliphatic heterocycles. The van der Waals surface area contributed by atoms with Crippen LogP contribution < -0.4 is 0 Å². The van der Waals surface area contributed by atoms with Gasteiger partial charge in [-0.1, -0.05) is 19.1 Å². The van der Waals surface area contributed by atoms with Gasteiger partial charge in [-0.25, -0.2) is 4.98 Å². The Morgan fingerprint density at radius 3 is 2.89 bits per heavy atom. The maximum atomic E-state index is 8.69. The summed E-state index contributed by atoms with van der Waals surface area (Å²) >= 11 is 0. The highest BCUT2D eigenvalue weighted by atomic mass is 16.5. The average molecular weight is 248 g/mol. The molecule has 0 atom stereocenters. The van der Waals surface area contributed by atoms with E-state index in [2.05, 4.69) is 22.5 Å². The van der Waals surface area contributed by atoms with Crippen LogP contribution in [-0.2, 0) is 17.7 Å². The Bertz CT molecular complexity index is 493. The molecule has 0 spiro atoms. The van der Waals surface area contributed by atoms with Crippen molar-refractivity contribution >= 4 is 11.0 Å². The van der Waals surface area contributed by atoms with Gasteiger partial charge in [0.2, 0.25) is 0 Å². The number of fused-ring (bicyclic) bond motifs is 1. The molecule has 0 aliphatic rings. The zero-order chi connectivity index (χ0) is 12.8. The van der Waals surface area contributed by atoms with Crippen molar-refractivity contribution in [1.82, 2.24) is 9.55 Å². The first-order chi connectivity index (χ1) is 8.86. The molecule has 1 aromatic carbocycles. The lowest BCUT2D eigenvalue weighted by Crippen LogP contribution is -2.11. The van der Waals surface area contributed by atoms with Gasteiger partial charge in [-0.2, -0.15) is 0 Å². The molecule has 1 heterocycles. The second-order valence-electron chi connectivity index (χ2n) is 4.25. The minimum absolute atomic E-state index is 0.0759. The minimum Gasteiger partial charge on any atom is -0.394 e. The predicted octanol–water partition coefficient (Wildman–Crippen LogP) is 2.00. The normalized spacial score (nSPS) is 11.2. The van der Waals surface area contributed by atoms with Crippen molar-refractivity contribution in [2.24, 2.45) is 0 Å². The molecule has 0 amide bonds. The fourth-order valence-electron chi connectivity index (χ4n) is 2.11. The molecule has 2 aromatic rings. The highest BCUT2D eigenvalue weighted by Crippen LogP contribution is 2.16. The van der Waals surface area contributed by atoms with Gasteiger partial charge in [-0.3, -0.25) is 0 Å². The van der Waals surface area contributed by atoms with Gasteiger partial charge in [0.05, 0.1) is 30.9 Å². The zero-order valence-corrected chi connectivity index (χ0v) is 10.8. The summed E-state index contributed by atoms with van der Waals surface area (Å²) < 4.78 is 7.56. The molecule has 0 radical (unpaired) electrons. The molecule has 1 N–H and O–H groups in total. The molecule has 0 aliphatic carbocycles. The van der Waals surface area contributed by atoms with E-state index in [1.54, 1.807) is 0 Å². The van der Waals surface area contributed by atoms with Crippen molar-refractivity contribution in [3.8, 4) is 0 Å². The molecule has 4 nitrogen and oxygen atoms in total. The van der Waals surface area contributed by atoms with Crippen molar-refractivity contribution < 1.29 is 9.84 Å². The molecule has 0 bridgehead atoms. The van der Waals surface area contributed by atoms with Crippen molar-refractivity contribution in [2.45, 2.75) is 26.3 Å². The van der Waals surface area contributed by atoms with Gasteiger partial charge in [0.1, 0.15) is 5.82 Å². The third-order valence-electron chi connectivity index (χ3n) is 2.90. The van der Waals surface area contributed by atoms with Crippen LogP contribution in [0.4, 0.5) is 0 Å². The number of para-hydroxylation sites is 2. The molecule has 98 valence electrons. The van der Waals surface area contributed by atoms with E-state index in [0.717, 1.165) is 36.2 Å². The van der Waals surface area contributed by atoms with Gasteiger partial charge >= 0.3 is 0 Å². The number of benzene rings is 1. The van der Waals surface area contributed by atoms with Crippen LogP contribution in [0.2, 0.25) is 0 Å². The van der Waals surface area contributed by atoms with E-state index in [0.29, 0.717) is 13.2 Å². The lowest BCUT2D eigenvalue weighted by atomic mass is 10.3. The fourth-order valence-corrected chi connectivity index (χ4v) is 2.11. The smallest absolute Gasteiger partial charge is 0.109 e. The predicted molar refractivity (Wildman–Crippen MR) is 71.6 cm³/mol. The Hall–Kier alpha value is -1.39. The largest absolute Gasteiger partial charge is 0.394 e. The summed E-state index contributed by atoms with van der Waals surface area (Å²) in [5.41, 5.74) is 2.21. The van der Waals surface area contributed by atoms with Crippen LogP contribution in [0.25, 0.3) is 11.0 Å². The van der Waals surface area contributed by atoms with E-state index >= 15 is 0 Å². The fraction of sp³-hybridized carbons (Fsp3) is 0.500. The maximum absolute atomic E-state index is 8.69. The monoisotopic (exact) mass is 248 g/mol. The summed E-state index contributed by atoms with van der Waals surface area (Å²) in [5, 5.41) is 8.69. The number of aliphatic hydroxyl groups is 1. The summed E-state index contributed by atoms with van der Waals surface area (Å²) in [6, 6.07) is 8.18. The molecule has 0 unspecified atom stereocenters. The van der Waals surface area contributed by atoms with E-state index in [4.69, 9.17) is 9.84 Å². The van der Waals surface area contributed by atoms with Crippen LogP contribution in [-0.4, -0.2) is 34.5 Å². The van der Waals surface area contributed by atoms with Crippen LogP contribution in [0, 0.1) is 0 Å². The average Bonchev–Trinajstić information content (AvgIpc) is 2.73. The number of nitrogens with zero attached hydrogens (tertiary/aromatic N) is 2. The summed E-state index contributed by atoms with van der Waals surface area (Å²) in [6.45, 7) is 4.03. The molecule has 1 aromatic heterocycles. The number of ether oxygens (including phenoxy) is 1. The van der Waals surface area contributed by atoms with Gasteiger partial charge in [0.25, 0.3) is 0 Å².